The Kier molecular flexibility index (Phi) is 2.95. The number of rotatable bonds is 3. The summed E-state index contributed by atoms with van der Waals surface area (Å²) in [6.45, 7) is 0.701. The average molecular weight is 254 g/mol. The van der Waals surface area contributed by atoms with Crippen molar-refractivity contribution in [1.82, 2.24) is 0 Å². The maximum Gasteiger partial charge on any atom is 0.193 e. The number of methoxy groups -OCH3 is 1. The number of ketones is 1. The molecule has 0 fully saturated rings. The Labute approximate surface area is 111 Å². The molecule has 3 heteroatoms. The summed E-state index contributed by atoms with van der Waals surface area (Å²) in [6.07, 6.45) is 0.870. The first-order chi connectivity index (χ1) is 9.28. The molecule has 1 aliphatic rings. The Balaban J connectivity index is 1.95. The van der Waals surface area contributed by atoms with Gasteiger partial charge in [0.2, 0.25) is 0 Å². The van der Waals surface area contributed by atoms with Crippen LogP contribution in [0.1, 0.15) is 21.5 Å². The van der Waals surface area contributed by atoms with E-state index in [1.165, 1.54) is 0 Å². The minimum Gasteiger partial charge on any atom is -0.497 e. The number of benzene rings is 2. The summed E-state index contributed by atoms with van der Waals surface area (Å²) in [7, 11) is 1.59. The summed E-state index contributed by atoms with van der Waals surface area (Å²) in [5.41, 5.74) is 2.43. The Morgan fingerprint density at radius 1 is 1.16 bits per heavy atom. The zero-order chi connectivity index (χ0) is 13.2. The molecule has 0 bridgehead atoms. The van der Waals surface area contributed by atoms with Gasteiger partial charge in [0.1, 0.15) is 11.5 Å². The standard InChI is InChI=1S/C16H14O3/c1-18-14-4-2-3-12(10-14)16(17)13-5-6-15-11(9-13)7-8-19-15/h2-6,9-10H,7-8H2,1H3. The molecule has 19 heavy (non-hydrogen) atoms. The van der Waals surface area contributed by atoms with E-state index in [4.69, 9.17) is 9.47 Å². The SMILES string of the molecule is COc1cccc(C(=O)c2ccc3c(c2)CCO3)c1. The minimum absolute atomic E-state index is 0.00796. The van der Waals surface area contributed by atoms with Crippen molar-refractivity contribution in [2.75, 3.05) is 13.7 Å². The van der Waals surface area contributed by atoms with Gasteiger partial charge >= 0.3 is 0 Å². The first-order valence-corrected chi connectivity index (χ1v) is 6.22. The first-order valence-electron chi connectivity index (χ1n) is 6.22. The largest absolute Gasteiger partial charge is 0.497 e. The lowest BCUT2D eigenvalue weighted by molar-refractivity contribution is 0.103. The van der Waals surface area contributed by atoms with E-state index in [0.29, 0.717) is 23.5 Å². The molecular weight excluding hydrogens is 240 g/mol. The molecule has 0 saturated heterocycles. The van der Waals surface area contributed by atoms with Crippen LogP contribution in [0.3, 0.4) is 0 Å². The molecule has 3 rings (SSSR count). The van der Waals surface area contributed by atoms with Crippen LogP contribution in [0, 0.1) is 0 Å². The second-order valence-electron chi connectivity index (χ2n) is 4.48. The van der Waals surface area contributed by atoms with Gasteiger partial charge in [-0.15, -0.1) is 0 Å². The van der Waals surface area contributed by atoms with Crippen LogP contribution in [-0.4, -0.2) is 19.5 Å². The van der Waals surface area contributed by atoms with Crippen LogP contribution in [0.15, 0.2) is 42.5 Å². The van der Waals surface area contributed by atoms with E-state index >= 15 is 0 Å². The second kappa shape index (κ2) is 4.76. The topological polar surface area (TPSA) is 35.5 Å². The summed E-state index contributed by atoms with van der Waals surface area (Å²) < 4.78 is 10.6. The van der Waals surface area contributed by atoms with Crippen LogP contribution < -0.4 is 9.47 Å². The normalized spacial score (nSPS) is 12.7. The fourth-order valence-electron chi connectivity index (χ4n) is 2.26. The molecule has 1 aliphatic heterocycles. The van der Waals surface area contributed by atoms with Crippen molar-refractivity contribution in [3.8, 4) is 11.5 Å². The van der Waals surface area contributed by atoms with Gasteiger partial charge in [0.15, 0.2) is 5.78 Å². The van der Waals surface area contributed by atoms with Crippen molar-refractivity contribution in [3.63, 3.8) is 0 Å². The molecule has 3 nitrogen and oxygen atoms in total. The maximum atomic E-state index is 12.4. The Morgan fingerprint density at radius 3 is 2.84 bits per heavy atom. The van der Waals surface area contributed by atoms with Crippen LogP contribution in [-0.2, 0) is 6.42 Å². The van der Waals surface area contributed by atoms with Gasteiger partial charge in [-0.05, 0) is 35.9 Å². The number of hydrogen-bond donors (Lipinski definition) is 0. The van der Waals surface area contributed by atoms with Crippen LogP contribution in [0.4, 0.5) is 0 Å². The summed E-state index contributed by atoms with van der Waals surface area (Å²) in [5.74, 6) is 1.59. The first kappa shape index (κ1) is 11.8. The van der Waals surface area contributed by atoms with Crippen molar-refractivity contribution in [2.24, 2.45) is 0 Å². The molecule has 0 amide bonds. The fraction of sp³-hybridized carbons (Fsp3) is 0.188. The predicted octanol–water partition coefficient (Wildman–Crippen LogP) is 2.86. The van der Waals surface area contributed by atoms with Gasteiger partial charge in [-0.1, -0.05) is 12.1 Å². The molecule has 0 N–H and O–H groups in total. The maximum absolute atomic E-state index is 12.4. The van der Waals surface area contributed by atoms with Gasteiger partial charge in [0.25, 0.3) is 0 Å². The summed E-state index contributed by atoms with van der Waals surface area (Å²) >= 11 is 0. The third kappa shape index (κ3) is 2.19. The van der Waals surface area contributed by atoms with Gasteiger partial charge in [-0.2, -0.15) is 0 Å². The third-order valence-electron chi connectivity index (χ3n) is 3.28. The van der Waals surface area contributed by atoms with Crippen molar-refractivity contribution < 1.29 is 14.3 Å². The summed E-state index contributed by atoms with van der Waals surface area (Å²) in [6, 6.07) is 12.8. The Morgan fingerprint density at radius 2 is 2.00 bits per heavy atom. The molecule has 0 atom stereocenters. The number of ether oxygens (including phenoxy) is 2. The quantitative estimate of drug-likeness (QED) is 0.790. The molecule has 0 unspecified atom stereocenters. The van der Waals surface area contributed by atoms with E-state index in [2.05, 4.69) is 0 Å². The van der Waals surface area contributed by atoms with E-state index in [0.717, 1.165) is 17.7 Å². The zero-order valence-corrected chi connectivity index (χ0v) is 10.7. The summed E-state index contributed by atoms with van der Waals surface area (Å²) in [5, 5.41) is 0. The molecule has 2 aromatic carbocycles. The lowest BCUT2D eigenvalue weighted by atomic mass is 10.0. The van der Waals surface area contributed by atoms with Crippen LogP contribution in [0.25, 0.3) is 0 Å². The van der Waals surface area contributed by atoms with Gasteiger partial charge in [-0.25, -0.2) is 0 Å². The number of carbonyl (C=O) groups is 1. The van der Waals surface area contributed by atoms with E-state index < -0.39 is 0 Å². The van der Waals surface area contributed by atoms with Gasteiger partial charge in [-0.3, -0.25) is 4.79 Å². The highest BCUT2D eigenvalue weighted by atomic mass is 16.5. The number of carbonyl (C=O) groups excluding carboxylic acids is 1. The lowest BCUT2D eigenvalue weighted by Gasteiger charge is -2.05. The highest BCUT2D eigenvalue weighted by molar-refractivity contribution is 6.09. The van der Waals surface area contributed by atoms with Crippen LogP contribution >= 0.6 is 0 Å². The molecule has 0 spiro atoms. The van der Waals surface area contributed by atoms with Crippen molar-refractivity contribution >= 4 is 5.78 Å². The van der Waals surface area contributed by atoms with E-state index in [9.17, 15) is 4.79 Å². The molecule has 0 radical (unpaired) electrons. The third-order valence-corrected chi connectivity index (χ3v) is 3.28. The average Bonchev–Trinajstić information content (AvgIpc) is 2.94. The van der Waals surface area contributed by atoms with Crippen molar-refractivity contribution in [2.45, 2.75) is 6.42 Å². The minimum atomic E-state index is 0.00796. The Hall–Kier alpha value is -2.29. The van der Waals surface area contributed by atoms with Gasteiger partial charge < -0.3 is 9.47 Å². The number of hydrogen-bond acceptors (Lipinski definition) is 3. The molecule has 0 aromatic heterocycles. The molecule has 0 aliphatic carbocycles. The van der Waals surface area contributed by atoms with E-state index in [1.807, 2.05) is 30.3 Å². The predicted molar refractivity (Wildman–Crippen MR) is 72.1 cm³/mol. The smallest absolute Gasteiger partial charge is 0.193 e. The number of fused-ring (bicyclic) bond motifs is 1. The summed E-state index contributed by atoms with van der Waals surface area (Å²) in [4.78, 5) is 12.4. The van der Waals surface area contributed by atoms with Crippen LogP contribution in [0.5, 0.6) is 11.5 Å². The molecule has 96 valence electrons. The van der Waals surface area contributed by atoms with Crippen molar-refractivity contribution in [3.05, 3.63) is 59.2 Å². The monoisotopic (exact) mass is 254 g/mol. The zero-order valence-electron chi connectivity index (χ0n) is 10.7. The molecule has 2 aromatic rings. The second-order valence-corrected chi connectivity index (χ2v) is 4.48. The van der Waals surface area contributed by atoms with E-state index in [1.54, 1.807) is 19.2 Å². The van der Waals surface area contributed by atoms with E-state index in [-0.39, 0.29) is 5.78 Å². The van der Waals surface area contributed by atoms with Crippen LogP contribution in [0.2, 0.25) is 0 Å². The molecular formula is C16H14O3. The van der Waals surface area contributed by atoms with Gasteiger partial charge in [0.05, 0.1) is 13.7 Å². The molecule has 0 saturated carbocycles. The van der Waals surface area contributed by atoms with Crippen molar-refractivity contribution in [1.29, 1.82) is 0 Å². The Bertz CT molecular complexity index is 632. The fourth-order valence-corrected chi connectivity index (χ4v) is 2.26. The highest BCUT2D eigenvalue weighted by Gasteiger charge is 2.16. The van der Waals surface area contributed by atoms with Gasteiger partial charge in [0, 0.05) is 17.5 Å². The molecule has 1 heterocycles. The highest BCUT2D eigenvalue weighted by Crippen LogP contribution is 2.27. The lowest BCUT2D eigenvalue weighted by Crippen LogP contribution is -2.02.